The summed E-state index contributed by atoms with van der Waals surface area (Å²) in [5, 5.41) is 9.52. The molecular formula is C11H8N2O4. The van der Waals surface area contributed by atoms with Crippen LogP contribution in [0.4, 0.5) is 5.69 Å². The number of nitrogens with zero attached hydrogens (tertiary/aromatic N) is 1. The molecule has 0 saturated heterocycles. The van der Waals surface area contributed by atoms with Crippen molar-refractivity contribution < 1.29 is 19.5 Å². The number of aromatic hydroxyl groups is 1. The van der Waals surface area contributed by atoms with Gasteiger partial charge in [0.1, 0.15) is 5.75 Å². The number of phenols is 1. The molecule has 1 aromatic rings. The van der Waals surface area contributed by atoms with Crippen molar-refractivity contribution in [3.05, 3.63) is 35.9 Å². The minimum absolute atomic E-state index is 0.0687. The van der Waals surface area contributed by atoms with Crippen LogP contribution in [0.25, 0.3) is 0 Å². The van der Waals surface area contributed by atoms with Crippen LogP contribution >= 0.6 is 0 Å². The van der Waals surface area contributed by atoms with Crippen LogP contribution in [0.5, 0.6) is 5.75 Å². The number of benzene rings is 1. The van der Waals surface area contributed by atoms with Crippen molar-refractivity contribution in [3.8, 4) is 5.75 Å². The second kappa shape index (κ2) is 3.75. The Hall–Kier alpha value is -2.63. The molecule has 0 fully saturated rings. The van der Waals surface area contributed by atoms with Gasteiger partial charge in [0.05, 0.1) is 11.3 Å². The highest BCUT2D eigenvalue weighted by atomic mass is 16.3. The largest absolute Gasteiger partial charge is 0.507 e. The van der Waals surface area contributed by atoms with E-state index in [-0.39, 0.29) is 17.0 Å². The van der Waals surface area contributed by atoms with Gasteiger partial charge in [0.2, 0.25) is 0 Å². The third-order valence-corrected chi connectivity index (χ3v) is 2.31. The van der Waals surface area contributed by atoms with Gasteiger partial charge in [-0.05, 0) is 12.1 Å². The Balaban J connectivity index is 2.42. The number of amides is 3. The Morgan fingerprint density at radius 3 is 2.24 bits per heavy atom. The molecule has 0 atom stereocenters. The number of carbonyl (C=O) groups excluding carboxylic acids is 3. The van der Waals surface area contributed by atoms with Gasteiger partial charge in [-0.25, -0.2) is 4.90 Å². The van der Waals surface area contributed by atoms with Gasteiger partial charge in [-0.15, -0.1) is 0 Å². The van der Waals surface area contributed by atoms with E-state index in [1.54, 1.807) is 0 Å². The molecular weight excluding hydrogens is 224 g/mol. The first kappa shape index (κ1) is 10.9. The van der Waals surface area contributed by atoms with Gasteiger partial charge in [0.15, 0.2) is 0 Å². The molecule has 3 amide bonds. The topological polar surface area (TPSA) is 101 Å². The minimum Gasteiger partial charge on any atom is -0.507 e. The number of imide groups is 1. The van der Waals surface area contributed by atoms with Crippen molar-refractivity contribution in [1.82, 2.24) is 0 Å². The summed E-state index contributed by atoms with van der Waals surface area (Å²) < 4.78 is 0. The maximum atomic E-state index is 11.4. The van der Waals surface area contributed by atoms with Crippen LogP contribution in [-0.2, 0) is 9.59 Å². The zero-order valence-electron chi connectivity index (χ0n) is 8.58. The maximum absolute atomic E-state index is 11.4. The number of nitrogens with two attached hydrogens (primary N) is 1. The third-order valence-electron chi connectivity index (χ3n) is 2.31. The van der Waals surface area contributed by atoms with E-state index < -0.39 is 17.7 Å². The fourth-order valence-electron chi connectivity index (χ4n) is 1.52. The predicted molar refractivity (Wildman–Crippen MR) is 58.3 cm³/mol. The lowest BCUT2D eigenvalue weighted by molar-refractivity contribution is -0.119. The Labute approximate surface area is 95.9 Å². The molecule has 0 unspecified atom stereocenters. The summed E-state index contributed by atoms with van der Waals surface area (Å²) >= 11 is 0. The molecule has 17 heavy (non-hydrogen) atoms. The van der Waals surface area contributed by atoms with E-state index in [9.17, 15) is 19.5 Å². The summed E-state index contributed by atoms with van der Waals surface area (Å²) in [7, 11) is 0. The Bertz CT molecular complexity index is 545. The van der Waals surface area contributed by atoms with Crippen molar-refractivity contribution >= 4 is 23.4 Å². The molecule has 1 heterocycles. The van der Waals surface area contributed by atoms with E-state index in [1.807, 2.05) is 0 Å². The molecule has 6 heteroatoms. The standard InChI is InChI=1S/C11H8N2O4/c12-11(17)7-2-1-6(5-8(7)14)13-9(15)3-4-10(13)16/h1-5,14H,(H2,12,17). The van der Waals surface area contributed by atoms with Crippen LogP contribution in [0, 0.1) is 0 Å². The highest BCUT2D eigenvalue weighted by Gasteiger charge is 2.25. The van der Waals surface area contributed by atoms with E-state index >= 15 is 0 Å². The molecule has 0 aromatic heterocycles. The van der Waals surface area contributed by atoms with Crippen molar-refractivity contribution in [3.63, 3.8) is 0 Å². The summed E-state index contributed by atoms with van der Waals surface area (Å²) in [6, 6.07) is 3.76. The second-order valence-corrected chi connectivity index (χ2v) is 3.41. The van der Waals surface area contributed by atoms with Gasteiger partial charge in [-0.1, -0.05) is 0 Å². The summed E-state index contributed by atoms with van der Waals surface area (Å²) in [5.41, 5.74) is 5.13. The first-order chi connectivity index (χ1) is 8.00. The number of rotatable bonds is 2. The third kappa shape index (κ3) is 1.76. The Morgan fingerprint density at radius 1 is 1.18 bits per heavy atom. The molecule has 0 saturated carbocycles. The van der Waals surface area contributed by atoms with E-state index in [0.717, 1.165) is 23.1 Å². The quantitative estimate of drug-likeness (QED) is 0.696. The number of primary amides is 1. The van der Waals surface area contributed by atoms with E-state index in [2.05, 4.69) is 0 Å². The van der Waals surface area contributed by atoms with Crippen LogP contribution in [0.15, 0.2) is 30.4 Å². The molecule has 1 aromatic carbocycles. The first-order valence-corrected chi connectivity index (χ1v) is 4.69. The molecule has 0 radical (unpaired) electrons. The summed E-state index contributed by atoms with van der Waals surface area (Å²) in [6.07, 6.45) is 2.25. The van der Waals surface area contributed by atoms with Crippen LogP contribution in [0.3, 0.4) is 0 Å². The molecule has 0 spiro atoms. The fraction of sp³-hybridized carbons (Fsp3) is 0. The smallest absolute Gasteiger partial charge is 0.258 e. The van der Waals surface area contributed by atoms with E-state index in [4.69, 9.17) is 5.73 Å². The molecule has 3 N–H and O–H groups in total. The van der Waals surface area contributed by atoms with Crippen molar-refractivity contribution in [2.45, 2.75) is 0 Å². The molecule has 6 nitrogen and oxygen atoms in total. The van der Waals surface area contributed by atoms with Crippen molar-refractivity contribution in [2.24, 2.45) is 5.73 Å². The maximum Gasteiger partial charge on any atom is 0.258 e. The van der Waals surface area contributed by atoms with Crippen LogP contribution in [0.2, 0.25) is 0 Å². The molecule has 2 rings (SSSR count). The SMILES string of the molecule is NC(=O)c1ccc(N2C(=O)C=CC2=O)cc1O. The average molecular weight is 232 g/mol. The number of anilines is 1. The Kier molecular flexibility index (Phi) is 2.40. The van der Waals surface area contributed by atoms with Crippen LogP contribution in [-0.4, -0.2) is 22.8 Å². The molecule has 86 valence electrons. The van der Waals surface area contributed by atoms with Gasteiger partial charge in [-0.3, -0.25) is 14.4 Å². The van der Waals surface area contributed by atoms with E-state index in [0.29, 0.717) is 0 Å². The van der Waals surface area contributed by atoms with Gasteiger partial charge < -0.3 is 10.8 Å². The van der Waals surface area contributed by atoms with Crippen LogP contribution < -0.4 is 10.6 Å². The number of hydrogen-bond donors (Lipinski definition) is 2. The minimum atomic E-state index is -0.786. The highest BCUT2D eigenvalue weighted by Crippen LogP contribution is 2.26. The fourth-order valence-corrected chi connectivity index (χ4v) is 1.52. The lowest BCUT2D eigenvalue weighted by Gasteiger charge is -2.14. The lowest BCUT2D eigenvalue weighted by atomic mass is 10.1. The number of carbonyl (C=O) groups is 3. The highest BCUT2D eigenvalue weighted by molar-refractivity contribution is 6.28. The van der Waals surface area contributed by atoms with Gasteiger partial charge in [0, 0.05) is 18.2 Å². The average Bonchev–Trinajstić information content (AvgIpc) is 2.58. The van der Waals surface area contributed by atoms with Gasteiger partial charge in [-0.2, -0.15) is 0 Å². The number of hydrogen-bond acceptors (Lipinski definition) is 4. The van der Waals surface area contributed by atoms with Crippen molar-refractivity contribution in [1.29, 1.82) is 0 Å². The van der Waals surface area contributed by atoms with Gasteiger partial charge in [0.25, 0.3) is 17.7 Å². The van der Waals surface area contributed by atoms with E-state index in [1.165, 1.54) is 12.1 Å². The summed E-state index contributed by atoms with van der Waals surface area (Å²) in [4.78, 5) is 34.5. The zero-order chi connectivity index (χ0) is 12.6. The molecule has 0 bridgehead atoms. The summed E-state index contributed by atoms with van der Waals surface area (Å²) in [5.74, 6) is -2.16. The summed E-state index contributed by atoms with van der Waals surface area (Å²) in [6.45, 7) is 0. The monoisotopic (exact) mass is 232 g/mol. The van der Waals surface area contributed by atoms with Crippen molar-refractivity contribution in [2.75, 3.05) is 4.90 Å². The zero-order valence-corrected chi connectivity index (χ0v) is 8.58. The predicted octanol–water partition coefficient (Wildman–Crippen LogP) is -0.0795. The van der Waals surface area contributed by atoms with Gasteiger partial charge >= 0.3 is 0 Å². The normalized spacial score (nSPS) is 14.5. The van der Waals surface area contributed by atoms with Crippen LogP contribution in [0.1, 0.15) is 10.4 Å². The lowest BCUT2D eigenvalue weighted by Crippen LogP contribution is -2.29. The molecule has 0 aliphatic carbocycles. The Morgan fingerprint density at radius 2 is 1.76 bits per heavy atom. The molecule has 1 aliphatic rings. The molecule has 1 aliphatic heterocycles. The second-order valence-electron chi connectivity index (χ2n) is 3.41. The first-order valence-electron chi connectivity index (χ1n) is 4.69.